The van der Waals surface area contributed by atoms with Crippen LogP contribution in [0.4, 0.5) is 14.6 Å². The van der Waals surface area contributed by atoms with E-state index in [9.17, 15) is 8.78 Å². The minimum absolute atomic E-state index is 0.173. The van der Waals surface area contributed by atoms with Gasteiger partial charge in [0.25, 0.3) is 0 Å². The molecule has 88 valence electrons. The molecule has 4 nitrogen and oxygen atoms in total. The van der Waals surface area contributed by atoms with Crippen molar-refractivity contribution in [3.8, 4) is 11.6 Å². The van der Waals surface area contributed by atoms with Gasteiger partial charge in [-0.1, -0.05) is 0 Å². The van der Waals surface area contributed by atoms with E-state index in [2.05, 4.69) is 9.97 Å². The van der Waals surface area contributed by atoms with Gasteiger partial charge in [-0.25, -0.2) is 18.7 Å². The predicted molar refractivity (Wildman–Crippen MR) is 57.6 cm³/mol. The summed E-state index contributed by atoms with van der Waals surface area (Å²) in [6.07, 6.45) is 1.22. The highest BCUT2D eigenvalue weighted by Crippen LogP contribution is 2.26. The van der Waals surface area contributed by atoms with E-state index in [1.54, 1.807) is 6.92 Å². The van der Waals surface area contributed by atoms with Crippen LogP contribution in [0.25, 0.3) is 0 Å². The van der Waals surface area contributed by atoms with E-state index in [1.165, 1.54) is 12.4 Å². The van der Waals surface area contributed by atoms with Crippen LogP contribution in [-0.4, -0.2) is 9.97 Å². The van der Waals surface area contributed by atoms with Gasteiger partial charge < -0.3 is 10.5 Å². The minimum Gasteiger partial charge on any atom is -0.438 e. The molecule has 1 heterocycles. The number of hydrogen-bond acceptors (Lipinski definition) is 4. The second-order valence-corrected chi connectivity index (χ2v) is 3.41. The Morgan fingerprint density at radius 3 is 2.53 bits per heavy atom. The van der Waals surface area contributed by atoms with Crippen molar-refractivity contribution in [2.75, 3.05) is 5.73 Å². The molecular weight excluding hydrogens is 228 g/mol. The molecule has 0 atom stereocenters. The minimum atomic E-state index is -0.979. The van der Waals surface area contributed by atoms with Crippen molar-refractivity contribution in [1.82, 2.24) is 9.97 Å². The number of nitrogens with two attached hydrogens (primary N) is 1. The summed E-state index contributed by atoms with van der Waals surface area (Å²) < 4.78 is 31.2. The van der Waals surface area contributed by atoms with E-state index < -0.39 is 11.6 Å². The zero-order valence-electron chi connectivity index (χ0n) is 8.95. The molecule has 0 amide bonds. The smallest absolute Gasteiger partial charge is 0.224 e. The number of hydrogen-bond donors (Lipinski definition) is 1. The first-order valence-electron chi connectivity index (χ1n) is 4.77. The number of ether oxygens (including phenoxy) is 1. The molecule has 1 aromatic carbocycles. The van der Waals surface area contributed by atoms with Crippen LogP contribution in [0.1, 0.15) is 5.56 Å². The van der Waals surface area contributed by atoms with Crippen molar-refractivity contribution in [2.45, 2.75) is 6.92 Å². The molecule has 0 bridgehead atoms. The van der Waals surface area contributed by atoms with Crippen LogP contribution in [0.5, 0.6) is 11.6 Å². The molecule has 2 rings (SSSR count). The topological polar surface area (TPSA) is 61.0 Å². The zero-order valence-corrected chi connectivity index (χ0v) is 8.95. The first kappa shape index (κ1) is 11.3. The highest BCUT2D eigenvalue weighted by Gasteiger charge is 2.09. The van der Waals surface area contributed by atoms with Crippen LogP contribution < -0.4 is 10.5 Å². The van der Waals surface area contributed by atoms with Gasteiger partial charge in [0.05, 0.1) is 0 Å². The van der Waals surface area contributed by atoms with Crippen LogP contribution in [0.3, 0.4) is 0 Å². The highest BCUT2D eigenvalue weighted by atomic mass is 19.2. The molecule has 1 aromatic heterocycles. The predicted octanol–water partition coefficient (Wildman–Crippen LogP) is 2.44. The molecule has 0 saturated carbocycles. The lowest BCUT2D eigenvalue weighted by Crippen LogP contribution is -1.96. The molecule has 6 heteroatoms. The van der Waals surface area contributed by atoms with Gasteiger partial charge in [0.2, 0.25) is 5.88 Å². The standard InChI is InChI=1S/C11H9F2N3O/c1-6-2-7(12)8(13)3-9(6)17-11-4-10(14)15-5-16-11/h2-5H,1H3,(H2,14,15,16). The Kier molecular flexibility index (Phi) is 2.86. The lowest BCUT2D eigenvalue weighted by atomic mass is 10.2. The average molecular weight is 237 g/mol. The van der Waals surface area contributed by atoms with Gasteiger partial charge >= 0.3 is 0 Å². The van der Waals surface area contributed by atoms with Gasteiger partial charge in [-0.15, -0.1) is 0 Å². The summed E-state index contributed by atoms with van der Waals surface area (Å²) in [6.45, 7) is 1.60. The molecule has 2 aromatic rings. The van der Waals surface area contributed by atoms with Crippen molar-refractivity contribution in [3.05, 3.63) is 41.7 Å². The number of aromatic nitrogens is 2. The Hall–Kier alpha value is -2.24. The molecule has 0 aliphatic carbocycles. The third-order valence-electron chi connectivity index (χ3n) is 2.10. The van der Waals surface area contributed by atoms with Crippen molar-refractivity contribution < 1.29 is 13.5 Å². The maximum absolute atomic E-state index is 13.0. The summed E-state index contributed by atoms with van der Waals surface area (Å²) in [5.74, 6) is -1.31. The molecular formula is C11H9F2N3O. The molecule has 17 heavy (non-hydrogen) atoms. The Morgan fingerprint density at radius 1 is 1.12 bits per heavy atom. The fourth-order valence-electron chi connectivity index (χ4n) is 1.26. The molecule has 0 aliphatic heterocycles. The van der Waals surface area contributed by atoms with Crippen molar-refractivity contribution in [3.63, 3.8) is 0 Å². The normalized spacial score (nSPS) is 10.3. The maximum atomic E-state index is 13.0. The first-order valence-corrected chi connectivity index (χ1v) is 4.77. The van der Waals surface area contributed by atoms with Crippen molar-refractivity contribution in [1.29, 1.82) is 0 Å². The monoisotopic (exact) mass is 237 g/mol. The number of rotatable bonds is 2. The lowest BCUT2D eigenvalue weighted by molar-refractivity contribution is 0.443. The van der Waals surface area contributed by atoms with Gasteiger partial charge in [0.15, 0.2) is 11.6 Å². The molecule has 2 N–H and O–H groups in total. The summed E-state index contributed by atoms with van der Waals surface area (Å²) in [6, 6.07) is 3.40. The van der Waals surface area contributed by atoms with Gasteiger partial charge in [-0.05, 0) is 18.6 Å². The Morgan fingerprint density at radius 2 is 1.82 bits per heavy atom. The number of halogens is 2. The van der Waals surface area contributed by atoms with E-state index in [-0.39, 0.29) is 17.4 Å². The van der Waals surface area contributed by atoms with Crippen LogP contribution in [-0.2, 0) is 0 Å². The first-order chi connectivity index (χ1) is 8.06. The Bertz CT molecular complexity index is 560. The molecule has 0 saturated heterocycles. The summed E-state index contributed by atoms with van der Waals surface area (Å²) in [4.78, 5) is 7.49. The average Bonchev–Trinajstić information content (AvgIpc) is 2.26. The van der Waals surface area contributed by atoms with Gasteiger partial charge in [0, 0.05) is 12.1 Å². The van der Waals surface area contributed by atoms with E-state index in [4.69, 9.17) is 10.5 Å². The fourth-order valence-corrected chi connectivity index (χ4v) is 1.26. The van der Waals surface area contributed by atoms with Gasteiger partial charge in [-0.3, -0.25) is 0 Å². The van der Waals surface area contributed by atoms with E-state index >= 15 is 0 Å². The van der Waals surface area contributed by atoms with E-state index in [1.807, 2.05) is 0 Å². The number of benzene rings is 1. The van der Waals surface area contributed by atoms with E-state index in [0.717, 1.165) is 12.1 Å². The summed E-state index contributed by atoms with van der Waals surface area (Å²) in [5, 5.41) is 0. The van der Waals surface area contributed by atoms with Gasteiger partial charge in [0.1, 0.15) is 17.9 Å². The number of aryl methyl sites for hydroxylation is 1. The fraction of sp³-hybridized carbons (Fsp3) is 0.0909. The summed E-state index contributed by atoms with van der Waals surface area (Å²) >= 11 is 0. The molecule has 0 fully saturated rings. The Labute approximate surface area is 96.1 Å². The third kappa shape index (κ3) is 2.47. The zero-order chi connectivity index (χ0) is 12.4. The summed E-state index contributed by atoms with van der Waals surface area (Å²) in [5.41, 5.74) is 5.90. The van der Waals surface area contributed by atoms with Crippen LogP contribution in [0.15, 0.2) is 24.5 Å². The van der Waals surface area contributed by atoms with E-state index in [0.29, 0.717) is 5.56 Å². The summed E-state index contributed by atoms with van der Waals surface area (Å²) in [7, 11) is 0. The molecule has 0 radical (unpaired) electrons. The second kappa shape index (κ2) is 4.32. The second-order valence-electron chi connectivity index (χ2n) is 3.41. The van der Waals surface area contributed by atoms with Gasteiger partial charge in [-0.2, -0.15) is 0 Å². The highest BCUT2D eigenvalue weighted by molar-refractivity contribution is 5.38. The van der Waals surface area contributed by atoms with Crippen LogP contribution in [0, 0.1) is 18.6 Å². The largest absolute Gasteiger partial charge is 0.438 e. The quantitative estimate of drug-likeness (QED) is 0.871. The SMILES string of the molecule is Cc1cc(F)c(F)cc1Oc1cc(N)ncn1. The van der Waals surface area contributed by atoms with Crippen molar-refractivity contribution in [2.24, 2.45) is 0 Å². The van der Waals surface area contributed by atoms with Crippen LogP contribution in [0.2, 0.25) is 0 Å². The lowest BCUT2D eigenvalue weighted by Gasteiger charge is -2.08. The number of anilines is 1. The molecule has 0 spiro atoms. The van der Waals surface area contributed by atoms with Crippen LogP contribution >= 0.6 is 0 Å². The third-order valence-corrected chi connectivity index (χ3v) is 2.10. The molecule has 0 aliphatic rings. The Balaban J connectivity index is 2.33. The maximum Gasteiger partial charge on any atom is 0.224 e. The van der Waals surface area contributed by atoms with Crippen molar-refractivity contribution >= 4 is 5.82 Å². The number of nitrogen functional groups attached to an aromatic ring is 1. The number of nitrogens with zero attached hydrogens (tertiary/aromatic N) is 2. The molecule has 0 unspecified atom stereocenters.